The van der Waals surface area contributed by atoms with Crippen molar-refractivity contribution in [3.8, 4) is 0 Å². The molecule has 0 radical (unpaired) electrons. The predicted octanol–water partition coefficient (Wildman–Crippen LogP) is 2.21. The van der Waals surface area contributed by atoms with Crippen molar-refractivity contribution in [2.24, 2.45) is 0 Å². The normalized spacial score (nSPS) is 22.5. The first-order valence-electron chi connectivity index (χ1n) is 7.38. The van der Waals surface area contributed by atoms with Crippen molar-refractivity contribution in [1.82, 2.24) is 9.80 Å². The Labute approximate surface area is 118 Å². The van der Waals surface area contributed by atoms with E-state index in [1.54, 1.807) is 0 Å². The van der Waals surface area contributed by atoms with Crippen LogP contribution in [0.1, 0.15) is 45.4 Å². The zero-order chi connectivity index (χ0) is 13.4. The molecular weight excluding hydrogens is 244 g/mol. The molecule has 1 aliphatic heterocycles. The van der Waals surface area contributed by atoms with Crippen molar-refractivity contribution in [3.63, 3.8) is 0 Å². The van der Waals surface area contributed by atoms with E-state index in [1.165, 1.54) is 32.2 Å². The van der Waals surface area contributed by atoms with E-state index in [0.717, 1.165) is 37.8 Å². The molecule has 0 atom stereocenters. The highest BCUT2D eigenvalue weighted by Gasteiger charge is 2.20. The smallest absolute Gasteiger partial charge is 0.0564 e. The third kappa shape index (κ3) is 5.91. The van der Waals surface area contributed by atoms with Gasteiger partial charge in [0, 0.05) is 25.0 Å². The topological polar surface area (TPSA) is 26.7 Å². The Kier molecular flexibility index (Phi) is 8.31. The highest BCUT2D eigenvalue weighted by Crippen LogP contribution is 2.23. The molecule has 0 bridgehead atoms. The number of hydrogen-bond donors (Lipinski definition) is 2. The molecule has 3 nitrogen and oxygen atoms in total. The van der Waals surface area contributed by atoms with Crippen molar-refractivity contribution in [2.75, 3.05) is 32.6 Å². The van der Waals surface area contributed by atoms with E-state index in [4.69, 9.17) is 5.11 Å². The molecule has 0 aromatic rings. The Morgan fingerprint density at radius 2 is 1.83 bits per heavy atom. The predicted molar refractivity (Wildman–Crippen MR) is 81.2 cm³/mol. The van der Waals surface area contributed by atoms with Gasteiger partial charge in [0.25, 0.3) is 0 Å². The van der Waals surface area contributed by atoms with Crippen LogP contribution in [0.3, 0.4) is 0 Å². The summed E-state index contributed by atoms with van der Waals surface area (Å²) in [5.74, 6) is 0.826. The number of thiol groups is 1. The zero-order valence-corrected chi connectivity index (χ0v) is 12.9. The minimum Gasteiger partial charge on any atom is -0.393 e. The lowest BCUT2D eigenvalue weighted by Gasteiger charge is -2.34. The fourth-order valence-electron chi connectivity index (χ4n) is 2.42. The lowest BCUT2D eigenvalue weighted by atomic mass is 9.92. The van der Waals surface area contributed by atoms with E-state index in [2.05, 4.69) is 36.4 Å². The van der Waals surface area contributed by atoms with Crippen molar-refractivity contribution >= 4 is 12.6 Å². The van der Waals surface area contributed by atoms with Crippen molar-refractivity contribution in [1.29, 1.82) is 0 Å². The summed E-state index contributed by atoms with van der Waals surface area (Å²) < 4.78 is 0. The molecule has 2 fully saturated rings. The second-order valence-corrected chi connectivity index (χ2v) is 5.84. The Hall–Kier alpha value is 0.230. The number of nitrogens with zero attached hydrogens (tertiary/aromatic N) is 2. The summed E-state index contributed by atoms with van der Waals surface area (Å²) in [4.78, 5) is 4.72. The minimum atomic E-state index is -0.0545. The molecule has 0 aromatic heterocycles. The summed E-state index contributed by atoms with van der Waals surface area (Å²) in [7, 11) is 2.24. The molecule has 1 N–H and O–H groups in total. The zero-order valence-electron chi connectivity index (χ0n) is 12.0. The van der Waals surface area contributed by atoms with Crippen LogP contribution >= 0.6 is 12.6 Å². The molecule has 2 rings (SSSR count). The molecule has 0 aromatic carbocycles. The van der Waals surface area contributed by atoms with Crippen LogP contribution in [-0.2, 0) is 0 Å². The largest absolute Gasteiger partial charge is 0.393 e. The van der Waals surface area contributed by atoms with Gasteiger partial charge in [0.1, 0.15) is 0 Å². The number of aliphatic hydroxyl groups is 1. The van der Waals surface area contributed by atoms with E-state index in [9.17, 15) is 0 Å². The van der Waals surface area contributed by atoms with E-state index < -0.39 is 0 Å². The maximum Gasteiger partial charge on any atom is 0.0564 e. The second-order valence-electron chi connectivity index (χ2n) is 5.56. The fraction of sp³-hybridized carbons (Fsp3) is 1.00. The van der Waals surface area contributed by atoms with Gasteiger partial charge in [-0.3, -0.25) is 4.90 Å². The van der Waals surface area contributed by atoms with Gasteiger partial charge in [-0.05, 0) is 45.7 Å². The summed E-state index contributed by atoms with van der Waals surface area (Å²) in [6, 6.07) is 0.935. The summed E-state index contributed by atoms with van der Waals surface area (Å²) >= 11 is 4.14. The molecule has 108 valence electrons. The average molecular weight is 274 g/mol. The van der Waals surface area contributed by atoms with Crippen LogP contribution in [0.15, 0.2) is 0 Å². The van der Waals surface area contributed by atoms with Gasteiger partial charge in [-0.2, -0.15) is 12.6 Å². The maximum atomic E-state index is 9.07. The molecule has 0 amide bonds. The number of piperidine rings is 1. The number of hydrogen-bond acceptors (Lipinski definition) is 4. The van der Waals surface area contributed by atoms with Crippen LogP contribution in [0.25, 0.3) is 0 Å². The molecule has 1 aliphatic carbocycles. The molecule has 1 saturated carbocycles. The Bertz CT molecular complexity index is 204. The molecule has 4 heteroatoms. The SMILES string of the molecule is CCCN(C)C1CCC1.OC1CCN(CS)CC1. The lowest BCUT2D eigenvalue weighted by Crippen LogP contribution is -2.37. The number of rotatable bonds is 4. The van der Waals surface area contributed by atoms with Crippen LogP contribution in [0.4, 0.5) is 0 Å². The van der Waals surface area contributed by atoms with Crippen molar-refractivity contribution < 1.29 is 5.11 Å². The van der Waals surface area contributed by atoms with Gasteiger partial charge in [0.15, 0.2) is 0 Å². The van der Waals surface area contributed by atoms with E-state index in [-0.39, 0.29) is 6.10 Å². The van der Waals surface area contributed by atoms with Crippen molar-refractivity contribution in [2.45, 2.75) is 57.6 Å². The molecule has 1 saturated heterocycles. The number of aliphatic hydroxyl groups excluding tert-OH is 1. The number of likely N-dealkylation sites (tertiary alicyclic amines) is 1. The lowest BCUT2D eigenvalue weighted by molar-refractivity contribution is 0.0918. The fourth-order valence-corrected chi connectivity index (χ4v) is 2.71. The summed E-state index contributed by atoms with van der Waals surface area (Å²) in [5.41, 5.74) is 0. The first-order valence-corrected chi connectivity index (χ1v) is 8.02. The van der Waals surface area contributed by atoms with E-state index in [1.807, 2.05) is 0 Å². The molecule has 1 heterocycles. The van der Waals surface area contributed by atoms with Crippen molar-refractivity contribution in [3.05, 3.63) is 0 Å². The van der Waals surface area contributed by atoms with Crippen LogP contribution in [0.2, 0.25) is 0 Å². The van der Waals surface area contributed by atoms with Crippen LogP contribution < -0.4 is 0 Å². The molecule has 0 spiro atoms. The Morgan fingerprint density at radius 1 is 1.22 bits per heavy atom. The molecule has 2 aliphatic rings. The van der Waals surface area contributed by atoms with Gasteiger partial charge < -0.3 is 10.0 Å². The van der Waals surface area contributed by atoms with Gasteiger partial charge in [-0.1, -0.05) is 13.3 Å². The van der Waals surface area contributed by atoms with Gasteiger partial charge in [0.2, 0.25) is 0 Å². The van der Waals surface area contributed by atoms with Gasteiger partial charge in [-0.25, -0.2) is 0 Å². The van der Waals surface area contributed by atoms with Gasteiger partial charge in [0.05, 0.1) is 6.10 Å². The van der Waals surface area contributed by atoms with Gasteiger partial charge in [-0.15, -0.1) is 0 Å². The van der Waals surface area contributed by atoms with Crippen LogP contribution in [0.5, 0.6) is 0 Å². The summed E-state index contributed by atoms with van der Waals surface area (Å²) in [5, 5.41) is 9.07. The minimum absolute atomic E-state index is 0.0545. The maximum absolute atomic E-state index is 9.07. The molecule has 0 unspecified atom stereocenters. The Balaban J connectivity index is 0.000000180. The highest BCUT2D eigenvalue weighted by atomic mass is 32.1. The van der Waals surface area contributed by atoms with Crippen LogP contribution in [-0.4, -0.2) is 59.6 Å². The monoisotopic (exact) mass is 274 g/mol. The van der Waals surface area contributed by atoms with Crippen LogP contribution in [0, 0.1) is 0 Å². The Morgan fingerprint density at radius 3 is 2.22 bits per heavy atom. The quantitative estimate of drug-likeness (QED) is 0.770. The first-order chi connectivity index (χ1) is 8.67. The highest BCUT2D eigenvalue weighted by molar-refractivity contribution is 7.80. The third-order valence-corrected chi connectivity index (χ3v) is 4.43. The second kappa shape index (κ2) is 9.18. The first kappa shape index (κ1) is 16.3. The van der Waals surface area contributed by atoms with E-state index >= 15 is 0 Å². The summed E-state index contributed by atoms with van der Waals surface area (Å²) in [6.45, 7) is 5.54. The van der Waals surface area contributed by atoms with Gasteiger partial charge >= 0.3 is 0 Å². The average Bonchev–Trinajstić information content (AvgIpc) is 2.29. The van der Waals surface area contributed by atoms with E-state index in [0.29, 0.717) is 0 Å². The molecule has 18 heavy (non-hydrogen) atoms. The molecular formula is C14H30N2OS. The summed E-state index contributed by atoms with van der Waals surface area (Å²) in [6.07, 6.45) is 7.42. The third-order valence-electron chi connectivity index (χ3n) is 4.03. The standard InChI is InChI=1S/C8H17N.C6H13NOS/c1-3-7-9(2)8-5-4-6-8;8-6-1-3-7(5-9)4-2-6/h8H,3-7H2,1-2H3;6,8-9H,1-5H2.